The van der Waals surface area contributed by atoms with Crippen LogP contribution in [0.15, 0.2) is 6.07 Å². The van der Waals surface area contributed by atoms with Gasteiger partial charge in [-0.3, -0.25) is 4.79 Å². The van der Waals surface area contributed by atoms with Crippen LogP contribution in [-0.4, -0.2) is 24.2 Å². The van der Waals surface area contributed by atoms with Crippen LogP contribution < -0.4 is 10.5 Å². The molecule has 3 N–H and O–H groups in total. The molecule has 0 saturated carbocycles. The van der Waals surface area contributed by atoms with Gasteiger partial charge in [0.25, 0.3) is 0 Å². The molecule has 4 nitrogen and oxygen atoms in total. The number of methoxy groups -OCH3 is 1. The van der Waals surface area contributed by atoms with Gasteiger partial charge in [-0.25, -0.2) is 8.78 Å². The number of hydrogen-bond acceptors (Lipinski definition) is 3. The second kappa shape index (κ2) is 5.29. The van der Waals surface area contributed by atoms with E-state index in [2.05, 4.69) is 4.74 Å². The van der Waals surface area contributed by atoms with Gasteiger partial charge >= 0.3 is 5.97 Å². The first kappa shape index (κ1) is 13.7. The maximum absolute atomic E-state index is 13.6. The Balaban J connectivity index is 3.25. The van der Waals surface area contributed by atoms with E-state index in [0.717, 1.165) is 13.2 Å². The molecule has 0 aliphatic heterocycles. The van der Waals surface area contributed by atoms with Gasteiger partial charge in [-0.15, -0.1) is 0 Å². The summed E-state index contributed by atoms with van der Waals surface area (Å²) in [4.78, 5) is 10.6. The fourth-order valence-corrected chi connectivity index (χ4v) is 1.55. The zero-order valence-electron chi connectivity index (χ0n) is 8.84. The van der Waals surface area contributed by atoms with Gasteiger partial charge in [0, 0.05) is 12.0 Å². The number of ether oxygens (including phenoxy) is 1. The van der Waals surface area contributed by atoms with Crippen LogP contribution in [0.4, 0.5) is 8.78 Å². The van der Waals surface area contributed by atoms with Crippen LogP contribution in [0.3, 0.4) is 0 Å². The van der Waals surface area contributed by atoms with E-state index >= 15 is 0 Å². The quantitative estimate of drug-likeness (QED) is 0.811. The van der Waals surface area contributed by atoms with E-state index in [-0.39, 0.29) is 11.3 Å². The van der Waals surface area contributed by atoms with Gasteiger partial charge in [-0.1, -0.05) is 11.6 Å². The summed E-state index contributed by atoms with van der Waals surface area (Å²) < 4.78 is 31.7. The van der Waals surface area contributed by atoms with Crippen molar-refractivity contribution in [2.45, 2.75) is 12.5 Å². The number of hydrogen-bond donors (Lipinski definition) is 2. The Labute approximate surface area is 101 Å². The average Bonchev–Trinajstić information content (AvgIpc) is 2.25. The van der Waals surface area contributed by atoms with Crippen molar-refractivity contribution in [1.29, 1.82) is 0 Å². The number of carboxylic acid groups (broad SMARTS) is 1. The zero-order valence-corrected chi connectivity index (χ0v) is 9.59. The normalized spacial score (nSPS) is 12.3. The topological polar surface area (TPSA) is 72.5 Å². The SMILES string of the molecule is COc1c(F)cc(Cl)c(F)c1CC(N)C(=O)O. The summed E-state index contributed by atoms with van der Waals surface area (Å²) in [6.07, 6.45) is -0.415. The fourth-order valence-electron chi connectivity index (χ4n) is 1.34. The van der Waals surface area contributed by atoms with Crippen molar-refractivity contribution in [3.8, 4) is 5.75 Å². The molecule has 17 heavy (non-hydrogen) atoms. The second-order valence-electron chi connectivity index (χ2n) is 3.31. The van der Waals surface area contributed by atoms with Crippen molar-refractivity contribution in [2.24, 2.45) is 5.73 Å². The number of carboxylic acids is 1. The summed E-state index contributed by atoms with van der Waals surface area (Å²) in [6.45, 7) is 0. The predicted molar refractivity (Wildman–Crippen MR) is 57.2 cm³/mol. The van der Waals surface area contributed by atoms with Gasteiger partial charge in [0.15, 0.2) is 11.6 Å². The monoisotopic (exact) mass is 265 g/mol. The molecule has 0 heterocycles. The third-order valence-corrected chi connectivity index (χ3v) is 2.44. The molecule has 0 bridgehead atoms. The zero-order chi connectivity index (χ0) is 13.2. The van der Waals surface area contributed by atoms with Crippen LogP contribution in [0.25, 0.3) is 0 Å². The Kier molecular flexibility index (Phi) is 4.25. The molecule has 0 radical (unpaired) electrons. The van der Waals surface area contributed by atoms with Gasteiger partial charge in [-0.05, 0) is 6.07 Å². The molecule has 1 rings (SSSR count). The molecular weight excluding hydrogens is 256 g/mol. The number of halogens is 3. The van der Waals surface area contributed by atoms with Crippen LogP contribution in [0.5, 0.6) is 5.75 Å². The molecule has 94 valence electrons. The number of benzene rings is 1. The number of carbonyl (C=O) groups is 1. The Morgan fingerprint density at radius 3 is 2.71 bits per heavy atom. The molecule has 0 aliphatic carbocycles. The third-order valence-electron chi connectivity index (χ3n) is 2.16. The first-order valence-corrected chi connectivity index (χ1v) is 4.95. The van der Waals surface area contributed by atoms with Crippen LogP contribution in [-0.2, 0) is 11.2 Å². The maximum Gasteiger partial charge on any atom is 0.320 e. The lowest BCUT2D eigenvalue weighted by atomic mass is 10.0. The molecule has 0 amide bonds. The van der Waals surface area contributed by atoms with Crippen molar-refractivity contribution in [3.05, 3.63) is 28.3 Å². The molecule has 0 aliphatic rings. The van der Waals surface area contributed by atoms with Gasteiger partial charge < -0.3 is 15.6 Å². The minimum absolute atomic E-state index is 0.285. The standard InChI is InChI=1S/C10H10ClF2NO3/c1-17-9-4(2-7(14)10(15)16)8(13)5(11)3-6(9)12/h3,7H,2,14H2,1H3,(H,15,16). The molecule has 1 aromatic rings. The van der Waals surface area contributed by atoms with Gasteiger partial charge in [0.1, 0.15) is 11.9 Å². The van der Waals surface area contributed by atoms with Crippen LogP contribution in [0, 0.1) is 11.6 Å². The van der Waals surface area contributed by atoms with E-state index in [4.69, 9.17) is 22.4 Å². The maximum atomic E-state index is 13.6. The van der Waals surface area contributed by atoms with Gasteiger partial charge in [-0.2, -0.15) is 0 Å². The third kappa shape index (κ3) is 2.83. The van der Waals surface area contributed by atoms with Crippen molar-refractivity contribution < 1.29 is 23.4 Å². The molecule has 0 saturated heterocycles. The Bertz CT molecular complexity index is 454. The van der Waals surface area contributed by atoms with Gasteiger partial charge in [0.2, 0.25) is 0 Å². The molecular formula is C10H10ClF2NO3. The van der Waals surface area contributed by atoms with Crippen molar-refractivity contribution >= 4 is 17.6 Å². The van der Waals surface area contributed by atoms with E-state index in [1.54, 1.807) is 0 Å². The molecule has 0 fully saturated rings. The first-order chi connectivity index (χ1) is 7.88. The Hall–Kier alpha value is -1.40. The predicted octanol–water partition coefficient (Wildman–Crippen LogP) is 1.58. The molecule has 0 aromatic heterocycles. The molecule has 0 spiro atoms. The lowest BCUT2D eigenvalue weighted by Crippen LogP contribution is -2.32. The van der Waals surface area contributed by atoms with E-state index in [1.165, 1.54) is 0 Å². The smallest absolute Gasteiger partial charge is 0.320 e. The van der Waals surface area contributed by atoms with Crippen molar-refractivity contribution in [2.75, 3.05) is 7.11 Å². The highest BCUT2D eigenvalue weighted by Crippen LogP contribution is 2.31. The van der Waals surface area contributed by atoms with Gasteiger partial charge in [0.05, 0.1) is 12.1 Å². The molecule has 1 atom stereocenters. The van der Waals surface area contributed by atoms with Crippen LogP contribution in [0.1, 0.15) is 5.56 Å². The molecule has 1 unspecified atom stereocenters. The highest BCUT2D eigenvalue weighted by Gasteiger charge is 2.23. The minimum atomic E-state index is -1.36. The number of nitrogens with two attached hydrogens (primary N) is 1. The number of rotatable bonds is 4. The second-order valence-corrected chi connectivity index (χ2v) is 3.72. The molecule has 1 aromatic carbocycles. The summed E-state index contributed by atoms with van der Waals surface area (Å²) >= 11 is 5.45. The van der Waals surface area contributed by atoms with Crippen LogP contribution in [0.2, 0.25) is 5.02 Å². The summed E-state index contributed by atoms with van der Waals surface area (Å²) in [5.41, 5.74) is 4.97. The summed E-state index contributed by atoms with van der Waals surface area (Å²) in [7, 11) is 1.14. The summed E-state index contributed by atoms with van der Waals surface area (Å²) in [6, 6.07) is -0.609. The van der Waals surface area contributed by atoms with E-state index in [9.17, 15) is 13.6 Å². The first-order valence-electron chi connectivity index (χ1n) is 4.57. The highest BCUT2D eigenvalue weighted by atomic mass is 35.5. The molecule has 7 heteroatoms. The number of aliphatic carboxylic acids is 1. The largest absolute Gasteiger partial charge is 0.493 e. The fraction of sp³-hybridized carbons (Fsp3) is 0.300. The Morgan fingerprint density at radius 2 is 2.24 bits per heavy atom. The lowest BCUT2D eigenvalue weighted by Gasteiger charge is -2.13. The van der Waals surface area contributed by atoms with Crippen LogP contribution >= 0.6 is 11.6 Å². The minimum Gasteiger partial charge on any atom is -0.493 e. The lowest BCUT2D eigenvalue weighted by molar-refractivity contribution is -0.138. The van der Waals surface area contributed by atoms with Crippen molar-refractivity contribution in [1.82, 2.24) is 0 Å². The summed E-state index contributed by atoms with van der Waals surface area (Å²) in [5, 5.41) is 8.17. The Morgan fingerprint density at radius 1 is 1.65 bits per heavy atom. The van der Waals surface area contributed by atoms with E-state index < -0.39 is 35.1 Å². The van der Waals surface area contributed by atoms with Crippen molar-refractivity contribution in [3.63, 3.8) is 0 Å². The average molecular weight is 266 g/mol. The van der Waals surface area contributed by atoms with E-state index in [0.29, 0.717) is 0 Å². The highest BCUT2D eigenvalue weighted by molar-refractivity contribution is 6.30. The van der Waals surface area contributed by atoms with E-state index in [1.807, 2.05) is 0 Å². The summed E-state index contributed by atoms with van der Waals surface area (Å²) in [5.74, 6) is -3.51.